The number of aryl methyl sites for hydroxylation is 7. The average Bonchev–Trinajstić information content (AvgIpc) is 1.82. The van der Waals surface area contributed by atoms with E-state index in [1.165, 1.54) is 21.3 Å². The van der Waals surface area contributed by atoms with Gasteiger partial charge in [0, 0.05) is 26.3 Å². The number of ether oxygens (including phenoxy) is 4. The molecule has 8 aromatic rings. The molecular weight excluding hydrogens is 1320 g/mol. The van der Waals surface area contributed by atoms with E-state index in [2.05, 4.69) is 68.6 Å². The molecule has 0 atom stereocenters. The molecule has 1 saturated heterocycles. The van der Waals surface area contributed by atoms with Gasteiger partial charge >= 0.3 is 6.09 Å². The Bertz CT molecular complexity index is 4270. The zero-order valence-electron chi connectivity index (χ0n) is 57.0. The SMILES string of the molecule is [C-]#[N+]c1cccc(/C(=C/CCCN2CCOC2=O)c2cc(C)c(OC)c(/C(Cl)=N/OC)c2)c1.[C-]#[N+]c1cccc(/C(=C/CCCc2nc(C)no2)c2cc(C)c(OC)c(/C(Cl)=N/OC)c2)c1.[C-]#[N+]c1cccc(/C(=C/CCCc2nnc(C)o2)c2cc(C)c(OC)c(/C(Cl)=N/OC)c2)c1. The number of rotatable bonds is 27. The van der Waals surface area contributed by atoms with Gasteiger partial charge in [-0.2, -0.15) is 4.98 Å². The first-order valence-electron chi connectivity index (χ1n) is 31.3. The summed E-state index contributed by atoms with van der Waals surface area (Å²) >= 11 is 19.2. The molecule has 1 fully saturated rings. The van der Waals surface area contributed by atoms with Crippen LogP contribution in [0.15, 0.2) is 152 Å². The fraction of sp³-hybridized carbons (Fsp3) is 0.293. The van der Waals surface area contributed by atoms with Crippen molar-refractivity contribution in [1.82, 2.24) is 25.2 Å². The second kappa shape index (κ2) is 38.3. The lowest BCUT2D eigenvalue weighted by Crippen LogP contribution is -2.25. The van der Waals surface area contributed by atoms with Crippen LogP contribution in [0, 0.1) is 54.3 Å². The zero-order chi connectivity index (χ0) is 71.4. The summed E-state index contributed by atoms with van der Waals surface area (Å²) in [5, 5.41) is 24.0. The first-order chi connectivity index (χ1) is 47.9. The van der Waals surface area contributed by atoms with Gasteiger partial charge in [-0.3, -0.25) is 0 Å². The molecule has 99 heavy (non-hydrogen) atoms. The molecule has 0 saturated carbocycles. The topological polar surface area (TPSA) is 213 Å². The van der Waals surface area contributed by atoms with E-state index in [0.29, 0.717) is 107 Å². The number of unbranched alkanes of at least 4 members (excludes halogenated alkanes) is 3. The molecular formula is C75H76Cl3N11O10. The number of allylic oxidation sites excluding steroid dienone is 3. The molecule has 0 unspecified atom stereocenters. The molecule has 0 spiro atoms. The molecule has 1 amide bonds. The molecule has 1 aliphatic heterocycles. The monoisotopic (exact) mass is 1400 g/mol. The van der Waals surface area contributed by atoms with Crippen LogP contribution in [0.4, 0.5) is 21.9 Å². The van der Waals surface area contributed by atoms with Gasteiger partial charge in [-0.25, -0.2) is 19.3 Å². The Kier molecular flexibility index (Phi) is 29.2. The number of oxime groups is 3. The number of aromatic nitrogens is 4. The van der Waals surface area contributed by atoms with Gasteiger partial charge in [0.15, 0.2) is 38.4 Å². The highest BCUT2D eigenvalue weighted by Gasteiger charge is 2.23. The normalized spacial score (nSPS) is 12.6. The third kappa shape index (κ3) is 21.1. The van der Waals surface area contributed by atoms with Gasteiger partial charge in [-0.1, -0.05) is 128 Å². The van der Waals surface area contributed by atoms with E-state index < -0.39 is 0 Å². The third-order valence-corrected chi connectivity index (χ3v) is 16.1. The summed E-state index contributed by atoms with van der Waals surface area (Å²) in [6.45, 7) is 33.3. The Morgan fingerprint density at radius 2 is 0.929 bits per heavy atom. The molecule has 512 valence electrons. The van der Waals surface area contributed by atoms with Crippen LogP contribution >= 0.6 is 34.8 Å². The summed E-state index contributed by atoms with van der Waals surface area (Å²) < 4.78 is 32.4. The van der Waals surface area contributed by atoms with Crippen molar-refractivity contribution >= 4 is 90.2 Å². The number of nitrogens with zero attached hydrogens (tertiary/aromatic N) is 11. The average molecular weight is 1400 g/mol. The number of methoxy groups -OCH3 is 3. The van der Waals surface area contributed by atoms with Crippen LogP contribution in [0.2, 0.25) is 0 Å². The van der Waals surface area contributed by atoms with Crippen molar-refractivity contribution < 1.29 is 47.2 Å². The summed E-state index contributed by atoms with van der Waals surface area (Å²) in [7, 11) is 9.09. The van der Waals surface area contributed by atoms with E-state index >= 15 is 0 Å². The number of cyclic esters (lactones) is 1. The molecule has 2 aromatic heterocycles. The van der Waals surface area contributed by atoms with Gasteiger partial charge in [0.2, 0.25) is 17.7 Å². The third-order valence-electron chi connectivity index (χ3n) is 15.3. The summed E-state index contributed by atoms with van der Waals surface area (Å²) in [5.41, 5.74) is 14.8. The fourth-order valence-corrected chi connectivity index (χ4v) is 11.5. The second-order valence-electron chi connectivity index (χ2n) is 22.1. The van der Waals surface area contributed by atoms with Gasteiger partial charge in [-0.05, 0) is 188 Å². The van der Waals surface area contributed by atoms with Crippen molar-refractivity contribution in [2.75, 3.05) is 62.4 Å². The van der Waals surface area contributed by atoms with E-state index in [0.717, 1.165) is 105 Å². The van der Waals surface area contributed by atoms with Crippen LogP contribution in [0.5, 0.6) is 17.2 Å². The standard InChI is InChI=1S/2C25H25ClN4O3.C25H26ClN3O4/c1-16-13-19(15-22(24(16)31-4)25(26)30-32-5)21(18-9-8-10-20(14-18)27-3)11-6-7-12-23-29-28-17(2)33-23;1-16-13-19(15-22(24(16)31-4)25(26)30-32-5)21(18-9-8-10-20(14-18)27-3)11-6-7-12-23-28-17(2)29-33-23;1-17-14-19(16-22(23(17)31-3)24(26)28-32-4)21(18-8-7-9-20(15-18)27-2)10-5-6-11-29-12-13-33-25(29)30/h2*8-11,13-15H,6-7,12H2,1-2,4-5H3;7-10,14-16H,5-6,11-13H2,1,3-4H3/b2*21-11-,30-25-;21-10-,28-24-. The maximum Gasteiger partial charge on any atom is 0.409 e. The quantitative estimate of drug-likeness (QED) is 0.0203. The van der Waals surface area contributed by atoms with Crippen LogP contribution in [0.25, 0.3) is 31.3 Å². The fourth-order valence-electron chi connectivity index (χ4n) is 10.9. The van der Waals surface area contributed by atoms with Gasteiger partial charge in [0.05, 0.1) is 64.3 Å². The largest absolute Gasteiger partial charge is 0.496 e. The van der Waals surface area contributed by atoms with Gasteiger partial charge in [0.25, 0.3) is 0 Å². The molecule has 3 heterocycles. The number of hydrogen-bond donors (Lipinski definition) is 0. The van der Waals surface area contributed by atoms with Crippen molar-refractivity contribution in [3.63, 3.8) is 0 Å². The lowest BCUT2D eigenvalue weighted by Gasteiger charge is -2.16. The minimum Gasteiger partial charge on any atom is -0.496 e. The minimum atomic E-state index is -0.258. The number of halogens is 3. The zero-order valence-corrected chi connectivity index (χ0v) is 59.3. The molecule has 21 nitrogen and oxygen atoms in total. The Balaban J connectivity index is 0.000000209. The van der Waals surface area contributed by atoms with Crippen molar-refractivity contribution in [2.24, 2.45) is 15.5 Å². The summed E-state index contributed by atoms with van der Waals surface area (Å²) in [6, 6.07) is 34.4. The Morgan fingerprint density at radius 1 is 0.535 bits per heavy atom. The summed E-state index contributed by atoms with van der Waals surface area (Å²) in [5.74, 6) is 4.33. The van der Waals surface area contributed by atoms with E-state index in [1.807, 2.05) is 112 Å². The van der Waals surface area contributed by atoms with E-state index in [9.17, 15) is 4.79 Å². The highest BCUT2D eigenvalue weighted by atomic mass is 35.5. The van der Waals surface area contributed by atoms with Crippen molar-refractivity contribution in [3.05, 3.63) is 252 Å². The lowest BCUT2D eigenvalue weighted by atomic mass is 9.93. The molecule has 0 aliphatic carbocycles. The predicted molar refractivity (Wildman–Crippen MR) is 387 cm³/mol. The van der Waals surface area contributed by atoms with Gasteiger partial charge in [-0.15, -0.1) is 10.2 Å². The van der Waals surface area contributed by atoms with Crippen LogP contribution < -0.4 is 14.2 Å². The van der Waals surface area contributed by atoms with Crippen LogP contribution in [0.3, 0.4) is 0 Å². The molecule has 6 aromatic carbocycles. The molecule has 24 heteroatoms. The predicted octanol–water partition coefficient (Wildman–Crippen LogP) is 18.3. The van der Waals surface area contributed by atoms with Crippen LogP contribution in [0.1, 0.15) is 129 Å². The van der Waals surface area contributed by atoms with E-state index in [4.69, 9.17) is 96.9 Å². The number of amides is 1. The number of benzene rings is 6. The van der Waals surface area contributed by atoms with Crippen molar-refractivity contribution in [1.29, 1.82) is 0 Å². The number of carbonyl (C=O) groups is 1. The minimum absolute atomic E-state index is 0.182. The van der Waals surface area contributed by atoms with E-state index in [-0.39, 0.29) is 21.6 Å². The maximum atomic E-state index is 11.7. The van der Waals surface area contributed by atoms with Gasteiger partial charge < -0.3 is 47.3 Å². The van der Waals surface area contributed by atoms with Gasteiger partial charge in [0.1, 0.15) is 45.2 Å². The summed E-state index contributed by atoms with van der Waals surface area (Å²) in [6.07, 6.45) is 12.3. The highest BCUT2D eigenvalue weighted by Crippen LogP contribution is 2.38. The molecule has 9 rings (SSSR count). The second-order valence-corrected chi connectivity index (χ2v) is 23.2. The lowest BCUT2D eigenvalue weighted by molar-refractivity contribution is 0.158. The molecule has 1 aliphatic rings. The van der Waals surface area contributed by atoms with Crippen molar-refractivity contribution in [3.8, 4) is 17.2 Å². The summed E-state index contributed by atoms with van der Waals surface area (Å²) in [4.78, 5) is 43.0. The van der Waals surface area contributed by atoms with Crippen LogP contribution in [-0.4, -0.2) is 109 Å². The smallest absolute Gasteiger partial charge is 0.409 e. The highest BCUT2D eigenvalue weighted by molar-refractivity contribution is 6.70. The van der Waals surface area contributed by atoms with Crippen molar-refractivity contribution in [2.45, 2.75) is 86.0 Å². The molecule has 0 N–H and O–H groups in total. The van der Waals surface area contributed by atoms with E-state index in [1.54, 1.807) is 58.3 Å². The number of carbonyl (C=O) groups excluding carboxylic acids is 1. The van der Waals surface area contributed by atoms with Crippen LogP contribution in [-0.2, 0) is 32.1 Å². The number of hydrogen-bond acceptors (Lipinski definition) is 17. The Morgan fingerprint density at radius 3 is 1.25 bits per heavy atom. The Hall–Kier alpha value is -10.8. The first-order valence-corrected chi connectivity index (χ1v) is 32.5. The Labute approximate surface area is 592 Å². The molecule has 0 bridgehead atoms. The molecule has 0 radical (unpaired) electrons. The first kappa shape index (κ1) is 75.6. The maximum absolute atomic E-state index is 11.7.